The molecule has 94 valence electrons. The number of hydrogen-bond acceptors (Lipinski definition) is 2. The Bertz CT molecular complexity index is 394. The molecule has 0 amide bonds. The van der Waals surface area contributed by atoms with Crippen molar-refractivity contribution in [3.8, 4) is 0 Å². The van der Waals surface area contributed by atoms with Crippen molar-refractivity contribution < 1.29 is 0 Å². The molecular weight excluding hydrogens is 250 g/mol. The van der Waals surface area contributed by atoms with Crippen LogP contribution >= 0.6 is 23.4 Å². The zero-order chi connectivity index (χ0) is 12.5. The second-order valence-corrected chi connectivity index (χ2v) is 7.93. The highest BCUT2D eigenvalue weighted by molar-refractivity contribution is 8.00. The second-order valence-electron chi connectivity index (χ2n) is 5.62. The predicted octanol–water partition coefficient (Wildman–Crippen LogP) is 4.48. The largest absolute Gasteiger partial charge is 0.310 e. The summed E-state index contributed by atoms with van der Waals surface area (Å²) < 4.78 is 0.233. The fourth-order valence-electron chi connectivity index (χ4n) is 1.63. The van der Waals surface area contributed by atoms with E-state index >= 15 is 0 Å². The van der Waals surface area contributed by atoms with Crippen LogP contribution in [-0.4, -0.2) is 10.8 Å². The first-order valence-electron chi connectivity index (χ1n) is 6.15. The van der Waals surface area contributed by atoms with Crippen LogP contribution in [0.4, 0.5) is 0 Å². The van der Waals surface area contributed by atoms with E-state index in [-0.39, 0.29) is 4.75 Å². The van der Waals surface area contributed by atoms with Gasteiger partial charge in [0.1, 0.15) is 0 Å². The molecule has 1 N–H and O–H groups in total. The fourth-order valence-corrected chi connectivity index (χ4v) is 2.96. The van der Waals surface area contributed by atoms with Gasteiger partial charge in [-0.1, -0.05) is 38.4 Å². The van der Waals surface area contributed by atoms with Gasteiger partial charge < -0.3 is 5.32 Å². The molecule has 1 aliphatic carbocycles. The first kappa shape index (κ1) is 13.3. The standard InChI is InChI=1S/C14H20ClNS/c1-14(2,3)17-12-7-4-10(13(15)8-12)9-16-11-5-6-11/h4,7-8,11,16H,5-6,9H2,1-3H3. The van der Waals surface area contributed by atoms with E-state index in [4.69, 9.17) is 11.6 Å². The fraction of sp³-hybridized carbons (Fsp3) is 0.571. The van der Waals surface area contributed by atoms with Crippen molar-refractivity contribution in [2.24, 2.45) is 0 Å². The van der Waals surface area contributed by atoms with E-state index in [1.54, 1.807) is 0 Å². The van der Waals surface area contributed by atoms with Crippen LogP contribution in [0.1, 0.15) is 39.2 Å². The molecule has 1 aromatic rings. The quantitative estimate of drug-likeness (QED) is 0.809. The lowest BCUT2D eigenvalue weighted by Crippen LogP contribution is -2.15. The Hall–Kier alpha value is -0.180. The van der Waals surface area contributed by atoms with Crippen molar-refractivity contribution in [3.63, 3.8) is 0 Å². The van der Waals surface area contributed by atoms with Gasteiger partial charge in [0.25, 0.3) is 0 Å². The smallest absolute Gasteiger partial charge is 0.0462 e. The summed E-state index contributed by atoms with van der Waals surface area (Å²) >= 11 is 8.16. The Balaban J connectivity index is 1.99. The Morgan fingerprint density at radius 3 is 2.59 bits per heavy atom. The molecule has 17 heavy (non-hydrogen) atoms. The average molecular weight is 270 g/mol. The highest BCUT2D eigenvalue weighted by Gasteiger charge is 2.20. The molecule has 0 spiro atoms. The molecule has 0 bridgehead atoms. The lowest BCUT2D eigenvalue weighted by Gasteiger charge is -2.18. The molecular formula is C14H20ClNS. The second kappa shape index (κ2) is 5.21. The van der Waals surface area contributed by atoms with Crippen LogP contribution in [0.5, 0.6) is 0 Å². The van der Waals surface area contributed by atoms with E-state index in [9.17, 15) is 0 Å². The molecule has 1 fully saturated rings. The first-order valence-corrected chi connectivity index (χ1v) is 7.34. The maximum Gasteiger partial charge on any atom is 0.0462 e. The van der Waals surface area contributed by atoms with E-state index in [1.165, 1.54) is 23.3 Å². The van der Waals surface area contributed by atoms with Crippen LogP contribution in [0.25, 0.3) is 0 Å². The van der Waals surface area contributed by atoms with E-state index in [0.717, 1.165) is 17.6 Å². The van der Waals surface area contributed by atoms with Crippen molar-refractivity contribution >= 4 is 23.4 Å². The summed E-state index contributed by atoms with van der Waals surface area (Å²) in [6.07, 6.45) is 2.63. The minimum atomic E-state index is 0.233. The molecule has 0 heterocycles. The van der Waals surface area contributed by atoms with Gasteiger partial charge in [-0.2, -0.15) is 0 Å². The van der Waals surface area contributed by atoms with Gasteiger partial charge in [-0.3, -0.25) is 0 Å². The predicted molar refractivity (Wildman–Crippen MR) is 76.9 cm³/mol. The number of rotatable bonds is 4. The highest BCUT2D eigenvalue weighted by atomic mass is 35.5. The van der Waals surface area contributed by atoms with E-state index in [0.29, 0.717) is 0 Å². The van der Waals surface area contributed by atoms with E-state index in [1.807, 2.05) is 11.8 Å². The normalized spacial score (nSPS) is 16.2. The Kier molecular flexibility index (Phi) is 4.06. The number of nitrogens with one attached hydrogen (secondary N) is 1. The van der Waals surface area contributed by atoms with Crippen molar-refractivity contribution in [3.05, 3.63) is 28.8 Å². The van der Waals surface area contributed by atoms with Crippen LogP contribution in [0.2, 0.25) is 5.02 Å². The molecule has 0 aromatic heterocycles. The third kappa shape index (κ3) is 4.53. The summed E-state index contributed by atoms with van der Waals surface area (Å²) in [5.41, 5.74) is 1.21. The van der Waals surface area contributed by atoms with Gasteiger partial charge in [-0.05, 0) is 30.5 Å². The highest BCUT2D eigenvalue weighted by Crippen LogP contribution is 2.34. The zero-order valence-corrected chi connectivity index (χ0v) is 12.3. The number of thioether (sulfide) groups is 1. The summed E-state index contributed by atoms with van der Waals surface area (Å²) in [4.78, 5) is 1.25. The van der Waals surface area contributed by atoms with Crippen LogP contribution in [-0.2, 0) is 6.54 Å². The molecule has 0 unspecified atom stereocenters. The van der Waals surface area contributed by atoms with Crippen molar-refractivity contribution in [2.75, 3.05) is 0 Å². The van der Waals surface area contributed by atoms with Crippen molar-refractivity contribution in [1.29, 1.82) is 0 Å². The Labute approximate surface area is 113 Å². The van der Waals surface area contributed by atoms with E-state index in [2.05, 4.69) is 44.3 Å². The summed E-state index contributed by atoms with van der Waals surface area (Å²) in [5.74, 6) is 0. The SMILES string of the molecule is CC(C)(C)Sc1ccc(CNC2CC2)c(Cl)c1. The lowest BCUT2D eigenvalue weighted by molar-refractivity contribution is 0.687. The molecule has 0 radical (unpaired) electrons. The Morgan fingerprint density at radius 1 is 1.35 bits per heavy atom. The minimum Gasteiger partial charge on any atom is -0.310 e. The molecule has 2 rings (SSSR count). The van der Waals surface area contributed by atoms with Crippen molar-refractivity contribution in [1.82, 2.24) is 5.32 Å². The molecule has 1 nitrogen and oxygen atoms in total. The topological polar surface area (TPSA) is 12.0 Å². The average Bonchev–Trinajstić information content (AvgIpc) is 2.97. The summed E-state index contributed by atoms with van der Waals surface area (Å²) in [7, 11) is 0. The molecule has 0 aliphatic heterocycles. The third-order valence-electron chi connectivity index (χ3n) is 2.61. The lowest BCUT2D eigenvalue weighted by atomic mass is 10.2. The van der Waals surface area contributed by atoms with Gasteiger partial charge in [-0.15, -0.1) is 11.8 Å². The van der Waals surface area contributed by atoms with Crippen LogP contribution in [0.15, 0.2) is 23.1 Å². The minimum absolute atomic E-state index is 0.233. The molecule has 0 saturated heterocycles. The number of halogens is 1. The summed E-state index contributed by atoms with van der Waals surface area (Å²) in [6.45, 7) is 7.54. The molecule has 1 saturated carbocycles. The zero-order valence-electron chi connectivity index (χ0n) is 10.7. The first-order chi connectivity index (χ1) is 7.94. The van der Waals surface area contributed by atoms with Gasteiger partial charge in [0.2, 0.25) is 0 Å². The maximum atomic E-state index is 6.31. The van der Waals surface area contributed by atoms with Gasteiger partial charge in [-0.25, -0.2) is 0 Å². The van der Waals surface area contributed by atoms with Crippen LogP contribution in [0, 0.1) is 0 Å². The molecule has 3 heteroatoms. The molecule has 1 aromatic carbocycles. The third-order valence-corrected chi connectivity index (χ3v) is 4.06. The molecule has 0 atom stereocenters. The molecule has 1 aliphatic rings. The van der Waals surface area contributed by atoms with Gasteiger partial charge in [0.15, 0.2) is 0 Å². The summed E-state index contributed by atoms with van der Waals surface area (Å²) in [6, 6.07) is 7.13. The van der Waals surface area contributed by atoms with Crippen LogP contribution in [0.3, 0.4) is 0 Å². The summed E-state index contributed by atoms with van der Waals surface area (Å²) in [5, 5.41) is 4.37. The van der Waals surface area contributed by atoms with Crippen molar-refractivity contribution in [2.45, 2.75) is 55.8 Å². The number of benzene rings is 1. The maximum absolute atomic E-state index is 6.31. The Morgan fingerprint density at radius 2 is 2.06 bits per heavy atom. The van der Waals surface area contributed by atoms with Gasteiger partial charge in [0, 0.05) is 27.3 Å². The van der Waals surface area contributed by atoms with Gasteiger partial charge >= 0.3 is 0 Å². The van der Waals surface area contributed by atoms with Crippen LogP contribution < -0.4 is 5.32 Å². The van der Waals surface area contributed by atoms with Gasteiger partial charge in [0.05, 0.1) is 0 Å². The monoisotopic (exact) mass is 269 g/mol. The number of hydrogen-bond donors (Lipinski definition) is 1. The van der Waals surface area contributed by atoms with E-state index < -0.39 is 0 Å².